The second kappa shape index (κ2) is 7.29. The van der Waals surface area contributed by atoms with Crippen LogP contribution in [0.3, 0.4) is 0 Å². The second-order valence-electron chi connectivity index (χ2n) is 4.61. The highest BCUT2D eigenvalue weighted by Gasteiger charge is 2.12. The van der Waals surface area contributed by atoms with Crippen molar-refractivity contribution in [1.82, 2.24) is 4.72 Å². The van der Waals surface area contributed by atoms with E-state index in [1.54, 1.807) is 24.3 Å². The molecule has 0 amide bonds. The molecule has 0 aliphatic rings. The van der Waals surface area contributed by atoms with Gasteiger partial charge in [-0.15, -0.1) is 0 Å². The minimum Gasteiger partial charge on any atom is -0.320 e. The first-order chi connectivity index (χ1) is 8.95. The molecule has 1 aromatic rings. The fourth-order valence-electron chi connectivity index (χ4n) is 1.44. The van der Waals surface area contributed by atoms with Gasteiger partial charge in [0.05, 0.1) is 11.4 Å². The summed E-state index contributed by atoms with van der Waals surface area (Å²) in [5.74, 6) is 6.04. The standard InChI is InChI=1S/C14H20N2O2S/c1-12(2)9-11-16-19(17,18)14-7-5-13(6-8-14)4-3-10-15/h5-8,12,16H,9-11,15H2,1-2H3. The molecule has 0 aliphatic carbocycles. The predicted molar refractivity (Wildman–Crippen MR) is 77.0 cm³/mol. The maximum absolute atomic E-state index is 12.0. The van der Waals surface area contributed by atoms with Crippen LogP contribution in [0.4, 0.5) is 0 Å². The molecule has 3 N–H and O–H groups in total. The van der Waals surface area contributed by atoms with E-state index in [2.05, 4.69) is 30.4 Å². The Balaban J connectivity index is 2.73. The fourth-order valence-corrected chi connectivity index (χ4v) is 2.48. The molecule has 1 rings (SSSR count). The van der Waals surface area contributed by atoms with Gasteiger partial charge in [0, 0.05) is 12.1 Å². The highest BCUT2D eigenvalue weighted by atomic mass is 32.2. The maximum atomic E-state index is 12.0. The number of rotatable bonds is 5. The minimum atomic E-state index is -3.42. The average Bonchev–Trinajstić information content (AvgIpc) is 2.36. The Bertz CT molecular complexity index is 551. The van der Waals surface area contributed by atoms with Gasteiger partial charge in [-0.2, -0.15) is 0 Å². The number of benzene rings is 1. The van der Waals surface area contributed by atoms with Crippen LogP contribution in [0.5, 0.6) is 0 Å². The van der Waals surface area contributed by atoms with E-state index >= 15 is 0 Å². The molecule has 104 valence electrons. The molecule has 0 aliphatic heterocycles. The van der Waals surface area contributed by atoms with Crippen molar-refractivity contribution in [3.05, 3.63) is 29.8 Å². The largest absolute Gasteiger partial charge is 0.320 e. The van der Waals surface area contributed by atoms with Gasteiger partial charge in [0.25, 0.3) is 0 Å². The predicted octanol–water partition coefficient (Wildman–Crippen LogP) is 1.32. The summed E-state index contributed by atoms with van der Waals surface area (Å²) in [7, 11) is -3.42. The van der Waals surface area contributed by atoms with E-state index in [-0.39, 0.29) is 11.4 Å². The normalized spacial score (nSPS) is 11.2. The SMILES string of the molecule is CC(C)CCNS(=O)(=O)c1ccc(C#CCN)cc1. The van der Waals surface area contributed by atoms with Crippen LogP contribution in [-0.4, -0.2) is 21.5 Å². The molecule has 0 spiro atoms. The maximum Gasteiger partial charge on any atom is 0.240 e. The van der Waals surface area contributed by atoms with Crippen molar-refractivity contribution < 1.29 is 8.42 Å². The molecule has 0 aromatic heterocycles. The monoisotopic (exact) mass is 280 g/mol. The molecular weight excluding hydrogens is 260 g/mol. The van der Waals surface area contributed by atoms with Gasteiger partial charge in [-0.25, -0.2) is 13.1 Å². The van der Waals surface area contributed by atoms with E-state index in [9.17, 15) is 8.42 Å². The van der Waals surface area contributed by atoms with Crippen LogP contribution in [0.2, 0.25) is 0 Å². The third-order valence-electron chi connectivity index (χ3n) is 2.51. The van der Waals surface area contributed by atoms with Gasteiger partial charge < -0.3 is 5.73 Å². The molecule has 0 radical (unpaired) electrons. The summed E-state index contributed by atoms with van der Waals surface area (Å²) in [5, 5.41) is 0. The number of nitrogens with one attached hydrogen (secondary N) is 1. The lowest BCUT2D eigenvalue weighted by molar-refractivity contribution is 0.551. The molecule has 0 saturated heterocycles. The van der Waals surface area contributed by atoms with Gasteiger partial charge >= 0.3 is 0 Å². The van der Waals surface area contributed by atoms with E-state index < -0.39 is 10.0 Å². The zero-order valence-electron chi connectivity index (χ0n) is 11.3. The zero-order valence-corrected chi connectivity index (χ0v) is 12.1. The van der Waals surface area contributed by atoms with Crippen LogP contribution in [-0.2, 0) is 10.0 Å². The molecule has 0 bridgehead atoms. The summed E-state index contributed by atoms with van der Waals surface area (Å²) in [6.07, 6.45) is 0.819. The third kappa shape index (κ3) is 5.43. The van der Waals surface area contributed by atoms with Gasteiger partial charge in [-0.1, -0.05) is 25.7 Å². The van der Waals surface area contributed by atoms with Gasteiger partial charge in [0.2, 0.25) is 10.0 Å². The Morgan fingerprint density at radius 3 is 2.42 bits per heavy atom. The fraction of sp³-hybridized carbons (Fsp3) is 0.429. The molecule has 19 heavy (non-hydrogen) atoms. The van der Waals surface area contributed by atoms with Crippen LogP contribution in [0.1, 0.15) is 25.8 Å². The van der Waals surface area contributed by atoms with E-state index in [0.717, 1.165) is 12.0 Å². The third-order valence-corrected chi connectivity index (χ3v) is 3.99. The first-order valence-electron chi connectivity index (χ1n) is 6.24. The van der Waals surface area contributed by atoms with Crippen molar-refractivity contribution in [2.45, 2.75) is 25.2 Å². The van der Waals surface area contributed by atoms with Crippen molar-refractivity contribution >= 4 is 10.0 Å². The van der Waals surface area contributed by atoms with Crippen molar-refractivity contribution in [1.29, 1.82) is 0 Å². The van der Waals surface area contributed by atoms with Crippen LogP contribution in [0.15, 0.2) is 29.2 Å². The Labute approximate surface area is 115 Å². The van der Waals surface area contributed by atoms with Gasteiger partial charge in [0.1, 0.15) is 0 Å². The van der Waals surface area contributed by atoms with Crippen LogP contribution in [0.25, 0.3) is 0 Å². The van der Waals surface area contributed by atoms with Gasteiger partial charge in [-0.3, -0.25) is 0 Å². The first kappa shape index (κ1) is 15.7. The van der Waals surface area contributed by atoms with Gasteiger partial charge in [-0.05, 0) is 36.6 Å². The summed E-state index contributed by atoms with van der Waals surface area (Å²) >= 11 is 0. The minimum absolute atomic E-state index is 0.259. The zero-order chi connectivity index (χ0) is 14.3. The van der Waals surface area contributed by atoms with E-state index in [1.807, 2.05) is 0 Å². The average molecular weight is 280 g/mol. The summed E-state index contributed by atoms with van der Waals surface area (Å²) in [6, 6.07) is 6.47. The highest BCUT2D eigenvalue weighted by molar-refractivity contribution is 7.89. The lowest BCUT2D eigenvalue weighted by Gasteiger charge is -2.08. The number of sulfonamides is 1. The summed E-state index contributed by atoms with van der Waals surface area (Å²) in [4.78, 5) is 0.259. The van der Waals surface area contributed by atoms with Crippen molar-refractivity contribution in [3.8, 4) is 11.8 Å². The first-order valence-corrected chi connectivity index (χ1v) is 7.72. The molecule has 0 atom stereocenters. The smallest absolute Gasteiger partial charge is 0.240 e. The molecule has 0 saturated carbocycles. The van der Waals surface area contributed by atoms with Crippen molar-refractivity contribution in [3.63, 3.8) is 0 Å². The van der Waals surface area contributed by atoms with Crippen LogP contribution >= 0.6 is 0 Å². The quantitative estimate of drug-likeness (QED) is 0.799. The Morgan fingerprint density at radius 1 is 1.26 bits per heavy atom. The molecule has 0 unspecified atom stereocenters. The Hall–Kier alpha value is -1.35. The number of hydrogen-bond donors (Lipinski definition) is 2. The van der Waals surface area contributed by atoms with E-state index in [1.165, 1.54) is 0 Å². The lowest BCUT2D eigenvalue weighted by atomic mass is 10.1. The highest BCUT2D eigenvalue weighted by Crippen LogP contribution is 2.10. The molecule has 1 aromatic carbocycles. The topological polar surface area (TPSA) is 72.2 Å². The number of hydrogen-bond acceptors (Lipinski definition) is 3. The summed E-state index contributed by atoms with van der Waals surface area (Å²) < 4.78 is 26.5. The van der Waals surface area contributed by atoms with Crippen molar-refractivity contribution in [2.24, 2.45) is 11.7 Å². The summed E-state index contributed by atoms with van der Waals surface area (Å²) in [6.45, 7) is 4.85. The molecule has 0 fully saturated rings. The molecule has 4 nitrogen and oxygen atoms in total. The number of nitrogens with two attached hydrogens (primary N) is 1. The van der Waals surface area contributed by atoms with Crippen molar-refractivity contribution in [2.75, 3.05) is 13.1 Å². The Kier molecular flexibility index (Phi) is 6.03. The van der Waals surface area contributed by atoms with Crippen LogP contribution < -0.4 is 10.5 Å². The molecular formula is C14H20N2O2S. The van der Waals surface area contributed by atoms with Crippen LogP contribution in [0, 0.1) is 17.8 Å². The Morgan fingerprint density at radius 2 is 1.89 bits per heavy atom. The summed E-state index contributed by atoms with van der Waals surface area (Å²) in [5.41, 5.74) is 6.03. The molecule has 0 heterocycles. The lowest BCUT2D eigenvalue weighted by Crippen LogP contribution is -2.25. The van der Waals surface area contributed by atoms with Gasteiger partial charge in [0.15, 0.2) is 0 Å². The second-order valence-corrected chi connectivity index (χ2v) is 6.38. The molecule has 5 heteroatoms. The van der Waals surface area contributed by atoms with E-state index in [4.69, 9.17) is 5.73 Å². The van der Waals surface area contributed by atoms with E-state index in [0.29, 0.717) is 12.5 Å².